The predicted molar refractivity (Wildman–Crippen MR) is 125 cm³/mol. The Labute approximate surface area is 183 Å². The van der Waals surface area contributed by atoms with Crippen LogP contribution in [-0.2, 0) is 5.75 Å². The number of aromatic nitrogens is 2. The Bertz CT molecular complexity index is 1300. The number of rotatable bonds is 5. The van der Waals surface area contributed by atoms with Crippen LogP contribution in [0.25, 0.3) is 21.9 Å². The molecule has 2 heterocycles. The maximum Gasteiger partial charge on any atom is 0.291 e. The lowest BCUT2D eigenvalue weighted by molar-refractivity contribution is 0.0998. The van der Waals surface area contributed by atoms with Crippen LogP contribution in [0, 0.1) is 0 Å². The molecule has 5 rings (SSSR count). The molecular formula is C24H23N3O3S. The monoisotopic (exact) mass is 433 g/mol. The summed E-state index contributed by atoms with van der Waals surface area (Å²) >= 11 is 1.92. The second kappa shape index (κ2) is 8.59. The molecule has 158 valence electrons. The second-order valence-corrected chi connectivity index (χ2v) is 9.18. The number of hydrogen-bond acceptors (Lipinski definition) is 5. The fourth-order valence-electron chi connectivity index (χ4n) is 4.19. The molecule has 4 aromatic rings. The van der Waals surface area contributed by atoms with E-state index in [0.717, 1.165) is 16.7 Å². The Hall–Kier alpha value is -3.06. The Morgan fingerprint density at radius 1 is 1.13 bits per heavy atom. The molecule has 2 aromatic carbocycles. The van der Waals surface area contributed by atoms with Crippen molar-refractivity contribution < 1.29 is 9.21 Å². The topological polar surface area (TPSA) is 88.0 Å². The molecule has 1 aliphatic rings. The molecule has 1 amide bonds. The predicted octanol–water partition coefficient (Wildman–Crippen LogP) is 5.49. The molecule has 1 saturated carbocycles. The highest BCUT2D eigenvalue weighted by Gasteiger charge is 2.23. The van der Waals surface area contributed by atoms with E-state index in [2.05, 4.69) is 15.3 Å². The highest BCUT2D eigenvalue weighted by Crippen LogP contribution is 2.35. The fraction of sp³-hybridized carbons (Fsp3) is 0.292. The van der Waals surface area contributed by atoms with Crippen molar-refractivity contribution in [2.24, 2.45) is 0 Å². The van der Waals surface area contributed by atoms with Crippen molar-refractivity contribution in [1.29, 1.82) is 0 Å². The number of carbonyl (C=O) groups is 1. The van der Waals surface area contributed by atoms with Gasteiger partial charge in [0, 0.05) is 27.6 Å². The Morgan fingerprint density at radius 2 is 1.97 bits per heavy atom. The lowest BCUT2D eigenvalue weighted by Gasteiger charge is -2.20. The highest BCUT2D eigenvalue weighted by molar-refractivity contribution is 7.99. The van der Waals surface area contributed by atoms with Gasteiger partial charge in [-0.25, -0.2) is 4.98 Å². The first-order valence-electron chi connectivity index (χ1n) is 10.6. The maximum absolute atomic E-state index is 13.2. The van der Waals surface area contributed by atoms with Gasteiger partial charge in [0.25, 0.3) is 11.5 Å². The van der Waals surface area contributed by atoms with Crippen molar-refractivity contribution >= 4 is 45.2 Å². The van der Waals surface area contributed by atoms with Crippen LogP contribution in [0.4, 0.5) is 5.69 Å². The number of furan rings is 1. The minimum atomic E-state index is -0.310. The molecule has 0 unspecified atom stereocenters. The molecule has 0 saturated heterocycles. The summed E-state index contributed by atoms with van der Waals surface area (Å²) in [5.74, 6) is 0.769. The fourth-order valence-corrected chi connectivity index (χ4v) is 5.55. The van der Waals surface area contributed by atoms with Crippen LogP contribution in [0.1, 0.15) is 48.2 Å². The number of para-hydroxylation sites is 1. The van der Waals surface area contributed by atoms with Crippen LogP contribution < -0.4 is 10.9 Å². The summed E-state index contributed by atoms with van der Waals surface area (Å²) < 4.78 is 5.98. The molecule has 1 fully saturated rings. The number of amides is 1. The Kier molecular flexibility index (Phi) is 5.51. The van der Waals surface area contributed by atoms with E-state index in [1.165, 1.54) is 38.4 Å². The summed E-state index contributed by atoms with van der Waals surface area (Å²) in [6.45, 7) is 0. The van der Waals surface area contributed by atoms with Gasteiger partial charge < -0.3 is 14.7 Å². The average Bonchev–Trinajstić information content (AvgIpc) is 3.18. The third kappa shape index (κ3) is 4.10. The summed E-state index contributed by atoms with van der Waals surface area (Å²) in [5.41, 5.74) is 2.52. The first-order chi connectivity index (χ1) is 15.2. The number of hydrogen-bond donors (Lipinski definition) is 2. The number of nitrogens with zero attached hydrogens (tertiary/aromatic N) is 1. The van der Waals surface area contributed by atoms with Crippen molar-refractivity contribution in [3.63, 3.8) is 0 Å². The first-order valence-corrected chi connectivity index (χ1v) is 11.6. The minimum Gasteiger partial charge on any atom is -0.451 e. The van der Waals surface area contributed by atoms with E-state index in [9.17, 15) is 9.59 Å². The molecule has 2 aromatic heterocycles. The summed E-state index contributed by atoms with van der Waals surface area (Å²) in [4.78, 5) is 31.9. The number of anilines is 1. The molecule has 0 spiro atoms. The first kappa shape index (κ1) is 19.9. The molecule has 0 aliphatic heterocycles. The molecule has 1 aliphatic carbocycles. The standard InChI is InChI=1S/C24H23N3O3S/c28-23-18-12-15(10-11-20(18)25-14-26-23)27-24(29)22-19(13-31-16-6-2-1-3-7-16)17-8-4-5-9-21(17)30-22/h4-5,8-12,14,16H,1-3,6-7,13H2,(H,27,29)(H,25,26,28). The van der Waals surface area contributed by atoms with E-state index < -0.39 is 0 Å². The lowest BCUT2D eigenvalue weighted by atomic mass is 10.0. The van der Waals surface area contributed by atoms with Gasteiger partial charge in [0.15, 0.2) is 5.76 Å². The van der Waals surface area contributed by atoms with Gasteiger partial charge in [-0.1, -0.05) is 37.5 Å². The molecule has 7 heteroatoms. The lowest BCUT2D eigenvalue weighted by Crippen LogP contribution is -2.14. The molecule has 0 atom stereocenters. The smallest absolute Gasteiger partial charge is 0.291 e. The normalized spacial score (nSPS) is 14.8. The number of aromatic amines is 1. The van der Waals surface area contributed by atoms with E-state index in [0.29, 0.717) is 33.2 Å². The van der Waals surface area contributed by atoms with Crippen molar-refractivity contribution in [3.05, 3.63) is 70.5 Å². The van der Waals surface area contributed by atoms with Gasteiger partial charge in [-0.15, -0.1) is 0 Å². The molecule has 31 heavy (non-hydrogen) atoms. The van der Waals surface area contributed by atoms with Crippen LogP contribution in [0.15, 0.2) is 58.0 Å². The quantitative estimate of drug-likeness (QED) is 0.435. The maximum atomic E-state index is 13.2. The van der Waals surface area contributed by atoms with Crippen molar-refractivity contribution in [3.8, 4) is 0 Å². The van der Waals surface area contributed by atoms with Gasteiger partial charge in [-0.2, -0.15) is 11.8 Å². The second-order valence-electron chi connectivity index (χ2n) is 7.89. The van der Waals surface area contributed by atoms with Crippen molar-refractivity contribution in [2.45, 2.75) is 43.1 Å². The van der Waals surface area contributed by atoms with Gasteiger partial charge in [0.1, 0.15) is 5.58 Å². The third-order valence-electron chi connectivity index (χ3n) is 5.82. The van der Waals surface area contributed by atoms with Crippen molar-refractivity contribution in [2.75, 3.05) is 5.32 Å². The molecule has 6 nitrogen and oxygen atoms in total. The van der Waals surface area contributed by atoms with Crippen LogP contribution in [0.5, 0.6) is 0 Å². The number of carbonyl (C=O) groups excluding carboxylic acids is 1. The average molecular weight is 434 g/mol. The van der Waals surface area contributed by atoms with Gasteiger partial charge in [-0.05, 0) is 37.1 Å². The molecule has 0 bridgehead atoms. The van der Waals surface area contributed by atoms with E-state index >= 15 is 0 Å². The summed E-state index contributed by atoms with van der Waals surface area (Å²) in [7, 11) is 0. The summed E-state index contributed by atoms with van der Waals surface area (Å²) in [6.07, 6.45) is 7.74. The number of fused-ring (bicyclic) bond motifs is 2. The van der Waals surface area contributed by atoms with E-state index in [4.69, 9.17) is 4.42 Å². The summed E-state index contributed by atoms with van der Waals surface area (Å²) in [5, 5.41) is 4.94. The third-order valence-corrected chi connectivity index (χ3v) is 7.22. The Balaban J connectivity index is 1.44. The number of H-pyrrole nitrogens is 1. The number of benzene rings is 2. The van der Waals surface area contributed by atoms with E-state index in [1.807, 2.05) is 36.0 Å². The zero-order valence-corrected chi connectivity index (χ0v) is 17.8. The van der Waals surface area contributed by atoms with Crippen molar-refractivity contribution in [1.82, 2.24) is 9.97 Å². The SMILES string of the molecule is O=C(Nc1ccc2nc[nH]c(=O)c2c1)c1oc2ccccc2c1CSC1CCCCC1. The van der Waals surface area contributed by atoms with Crippen LogP contribution in [0.2, 0.25) is 0 Å². The van der Waals surface area contributed by atoms with E-state index in [1.54, 1.807) is 18.2 Å². The summed E-state index contributed by atoms with van der Waals surface area (Å²) in [6, 6.07) is 12.9. The van der Waals surface area contributed by atoms with Gasteiger partial charge in [0.05, 0.1) is 17.2 Å². The molecule has 0 radical (unpaired) electrons. The van der Waals surface area contributed by atoms with Crippen LogP contribution >= 0.6 is 11.8 Å². The van der Waals surface area contributed by atoms with Gasteiger partial charge >= 0.3 is 0 Å². The molecule has 2 N–H and O–H groups in total. The number of nitrogens with one attached hydrogen (secondary N) is 2. The van der Waals surface area contributed by atoms with Gasteiger partial charge in [0.2, 0.25) is 0 Å². The zero-order valence-electron chi connectivity index (χ0n) is 17.0. The van der Waals surface area contributed by atoms with E-state index in [-0.39, 0.29) is 11.5 Å². The van der Waals surface area contributed by atoms with Crippen LogP contribution in [-0.4, -0.2) is 21.1 Å². The van der Waals surface area contributed by atoms with Gasteiger partial charge in [-0.3, -0.25) is 9.59 Å². The largest absolute Gasteiger partial charge is 0.451 e. The highest BCUT2D eigenvalue weighted by atomic mass is 32.2. The minimum absolute atomic E-state index is 0.241. The number of thioether (sulfide) groups is 1. The Morgan fingerprint density at radius 3 is 2.84 bits per heavy atom. The van der Waals surface area contributed by atoms with Crippen LogP contribution in [0.3, 0.4) is 0 Å². The molecular weight excluding hydrogens is 410 g/mol. The zero-order chi connectivity index (χ0) is 21.2.